The highest BCUT2D eigenvalue weighted by Crippen LogP contribution is 2.38. The van der Waals surface area contributed by atoms with E-state index in [2.05, 4.69) is 50.0 Å². The van der Waals surface area contributed by atoms with Gasteiger partial charge >= 0.3 is 6.09 Å². The number of amides is 2. The van der Waals surface area contributed by atoms with Crippen molar-refractivity contribution in [3.8, 4) is 0 Å². The van der Waals surface area contributed by atoms with Gasteiger partial charge in [0.2, 0.25) is 0 Å². The van der Waals surface area contributed by atoms with Crippen LogP contribution in [0.3, 0.4) is 0 Å². The Hall–Kier alpha value is -3.55. The molecule has 0 fully saturated rings. The van der Waals surface area contributed by atoms with Crippen LogP contribution in [0.5, 0.6) is 0 Å². The van der Waals surface area contributed by atoms with Gasteiger partial charge in [-0.3, -0.25) is 4.79 Å². The van der Waals surface area contributed by atoms with Gasteiger partial charge in [-0.05, 0) is 47.1 Å². The lowest BCUT2D eigenvalue weighted by atomic mass is 9.90. The summed E-state index contributed by atoms with van der Waals surface area (Å²) >= 11 is 0. The van der Waals surface area contributed by atoms with Gasteiger partial charge in [0.25, 0.3) is 5.91 Å². The highest BCUT2D eigenvalue weighted by molar-refractivity contribution is 6.16. The van der Waals surface area contributed by atoms with Gasteiger partial charge in [-0.2, -0.15) is 4.80 Å². The van der Waals surface area contributed by atoms with Gasteiger partial charge < -0.3 is 4.74 Å². The molecule has 0 aliphatic rings. The fraction of sp³-hybridized carbons (Fsp3) is 0.583. The second-order valence-corrected chi connectivity index (χ2v) is 12.2. The van der Waals surface area contributed by atoms with Crippen LogP contribution < -0.4 is 4.90 Å². The average molecular weight is 604 g/mol. The normalized spacial score (nSPS) is 12.1. The third kappa shape index (κ3) is 9.73. The first-order valence-corrected chi connectivity index (χ1v) is 16.8. The number of unbranched alkanes of at least 4 members (excludes halogenated alkanes) is 9. The van der Waals surface area contributed by atoms with Crippen LogP contribution in [0, 0.1) is 0 Å². The Labute approximate surface area is 264 Å². The SMILES string of the molecule is CCCCCCCCCCCCn1nnc([C@H](C(=O)N(C(=O)OCC)c2c(C(C)C)cccc2C(C)C)c2ccccc2)n1. The summed E-state index contributed by atoms with van der Waals surface area (Å²) in [6.07, 6.45) is 11.7. The number of aryl methyl sites for hydroxylation is 1. The minimum atomic E-state index is -0.928. The van der Waals surface area contributed by atoms with E-state index in [4.69, 9.17) is 4.74 Å². The minimum Gasteiger partial charge on any atom is -0.449 e. The summed E-state index contributed by atoms with van der Waals surface area (Å²) in [6, 6.07) is 15.3. The zero-order valence-corrected chi connectivity index (χ0v) is 27.8. The lowest BCUT2D eigenvalue weighted by Gasteiger charge is -2.30. The van der Waals surface area contributed by atoms with Crippen LogP contribution in [0.4, 0.5) is 10.5 Å². The first kappa shape index (κ1) is 34.9. The second kappa shape index (κ2) is 18.3. The number of para-hydroxylation sites is 1. The highest BCUT2D eigenvalue weighted by atomic mass is 16.6. The summed E-state index contributed by atoms with van der Waals surface area (Å²) in [7, 11) is 0. The minimum absolute atomic E-state index is 0.0728. The molecule has 8 heteroatoms. The average Bonchev–Trinajstić information content (AvgIpc) is 3.47. The van der Waals surface area contributed by atoms with Crippen molar-refractivity contribution in [3.63, 3.8) is 0 Å². The molecule has 3 aromatic rings. The molecule has 1 aromatic heterocycles. The fourth-order valence-corrected chi connectivity index (χ4v) is 5.63. The Kier molecular flexibility index (Phi) is 14.5. The van der Waals surface area contributed by atoms with Crippen LogP contribution in [0.2, 0.25) is 0 Å². The Bertz CT molecular complexity index is 1260. The molecule has 240 valence electrons. The molecule has 0 spiro atoms. The number of tetrazole rings is 1. The summed E-state index contributed by atoms with van der Waals surface area (Å²) in [4.78, 5) is 31.1. The first-order chi connectivity index (χ1) is 21.3. The molecule has 1 atom stereocenters. The Morgan fingerprint density at radius 1 is 0.773 bits per heavy atom. The number of carbonyl (C=O) groups excluding carboxylic acids is 2. The van der Waals surface area contributed by atoms with Crippen molar-refractivity contribution >= 4 is 17.7 Å². The molecule has 0 unspecified atom stereocenters. The quantitative estimate of drug-likeness (QED) is 0.135. The van der Waals surface area contributed by atoms with Crippen LogP contribution in [-0.4, -0.2) is 38.8 Å². The molecule has 8 nitrogen and oxygen atoms in total. The summed E-state index contributed by atoms with van der Waals surface area (Å²) in [6.45, 7) is 13.0. The van der Waals surface area contributed by atoms with Crippen LogP contribution in [-0.2, 0) is 16.1 Å². The van der Waals surface area contributed by atoms with E-state index in [1.807, 2.05) is 48.5 Å². The van der Waals surface area contributed by atoms with Crippen molar-refractivity contribution in [1.82, 2.24) is 20.2 Å². The van der Waals surface area contributed by atoms with E-state index in [-0.39, 0.29) is 24.3 Å². The number of carbonyl (C=O) groups is 2. The molecule has 2 amide bonds. The van der Waals surface area contributed by atoms with Crippen LogP contribution in [0.1, 0.15) is 146 Å². The maximum absolute atomic E-state index is 14.7. The van der Waals surface area contributed by atoms with E-state index in [0.29, 0.717) is 17.8 Å². The van der Waals surface area contributed by atoms with Crippen LogP contribution in [0.25, 0.3) is 0 Å². The van der Waals surface area contributed by atoms with E-state index in [1.54, 1.807) is 11.7 Å². The van der Waals surface area contributed by atoms with Crippen molar-refractivity contribution in [2.24, 2.45) is 0 Å². The molecule has 1 heterocycles. The largest absolute Gasteiger partial charge is 0.449 e. The molecule has 0 saturated heterocycles. The van der Waals surface area contributed by atoms with Gasteiger partial charge in [0, 0.05) is 0 Å². The number of nitrogens with zero attached hydrogens (tertiary/aromatic N) is 5. The second-order valence-electron chi connectivity index (χ2n) is 12.2. The van der Waals surface area contributed by atoms with Crippen molar-refractivity contribution in [2.75, 3.05) is 11.5 Å². The van der Waals surface area contributed by atoms with Gasteiger partial charge in [-0.15, -0.1) is 10.2 Å². The number of benzene rings is 2. The number of ether oxygens (including phenoxy) is 1. The predicted molar refractivity (Wildman–Crippen MR) is 177 cm³/mol. The molecule has 0 aliphatic carbocycles. The first-order valence-electron chi connectivity index (χ1n) is 16.8. The van der Waals surface area contributed by atoms with Crippen LogP contribution in [0.15, 0.2) is 48.5 Å². The molecule has 2 aromatic carbocycles. The number of rotatable bonds is 18. The van der Waals surface area contributed by atoms with Gasteiger partial charge in [-0.25, -0.2) is 9.69 Å². The van der Waals surface area contributed by atoms with Crippen molar-refractivity contribution in [1.29, 1.82) is 0 Å². The van der Waals surface area contributed by atoms with E-state index in [1.165, 1.54) is 56.3 Å². The smallest absolute Gasteiger partial charge is 0.421 e. The van der Waals surface area contributed by atoms with Crippen molar-refractivity contribution < 1.29 is 14.3 Å². The van der Waals surface area contributed by atoms with E-state index < -0.39 is 17.9 Å². The Morgan fingerprint density at radius 3 is 1.89 bits per heavy atom. The summed E-state index contributed by atoms with van der Waals surface area (Å²) in [5, 5.41) is 13.3. The van der Waals surface area contributed by atoms with Crippen LogP contribution >= 0.6 is 0 Å². The van der Waals surface area contributed by atoms with Gasteiger partial charge in [0.1, 0.15) is 5.92 Å². The fourth-order valence-electron chi connectivity index (χ4n) is 5.63. The summed E-state index contributed by atoms with van der Waals surface area (Å²) < 4.78 is 5.50. The lowest BCUT2D eigenvalue weighted by molar-refractivity contribution is -0.118. The van der Waals surface area contributed by atoms with E-state index in [0.717, 1.165) is 24.0 Å². The molecule has 0 radical (unpaired) electrons. The highest BCUT2D eigenvalue weighted by Gasteiger charge is 2.38. The molecule has 3 rings (SSSR count). The van der Waals surface area contributed by atoms with Gasteiger partial charge in [-0.1, -0.05) is 141 Å². The molecular formula is C36H53N5O3. The summed E-state index contributed by atoms with van der Waals surface area (Å²) in [5.74, 6) is -0.964. The number of hydrogen-bond acceptors (Lipinski definition) is 6. The molecule has 0 aliphatic heterocycles. The zero-order valence-electron chi connectivity index (χ0n) is 27.8. The molecule has 0 N–H and O–H groups in total. The van der Waals surface area contributed by atoms with Crippen molar-refractivity contribution in [3.05, 3.63) is 71.0 Å². The molecule has 44 heavy (non-hydrogen) atoms. The number of imide groups is 1. The topological polar surface area (TPSA) is 90.2 Å². The third-order valence-corrected chi connectivity index (χ3v) is 8.05. The molecule has 0 saturated carbocycles. The number of hydrogen-bond donors (Lipinski definition) is 0. The van der Waals surface area contributed by atoms with E-state index in [9.17, 15) is 9.59 Å². The standard InChI is InChI=1S/C36H53N5O3/c1-7-9-10-11-12-13-14-15-16-20-26-40-38-34(37-39-40)32(29-22-18-17-19-23-29)35(42)41(36(43)44-8-2)33-30(27(3)4)24-21-25-31(33)28(5)6/h17-19,21-25,27-28,32H,7-16,20,26H2,1-6H3/t32-/m1/s1. The Morgan fingerprint density at radius 2 is 1.34 bits per heavy atom. The zero-order chi connectivity index (χ0) is 31.9. The summed E-state index contributed by atoms with van der Waals surface area (Å²) in [5.41, 5.74) is 3.09. The lowest BCUT2D eigenvalue weighted by Crippen LogP contribution is -2.42. The monoisotopic (exact) mass is 603 g/mol. The predicted octanol–water partition coefficient (Wildman–Crippen LogP) is 9.16. The maximum Gasteiger partial charge on any atom is 0.421 e. The number of aromatic nitrogens is 4. The van der Waals surface area contributed by atoms with Crippen molar-refractivity contribution in [2.45, 2.75) is 130 Å². The molecular weight excluding hydrogens is 550 g/mol. The van der Waals surface area contributed by atoms with E-state index >= 15 is 0 Å². The van der Waals surface area contributed by atoms with Gasteiger partial charge in [0.05, 0.1) is 18.8 Å². The van der Waals surface area contributed by atoms with Gasteiger partial charge in [0.15, 0.2) is 5.82 Å². The third-order valence-electron chi connectivity index (χ3n) is 8.05. The molecule has 0 bridgehead atoms. The maximum atomic E-state index is 14.7. The number of anilines is 1. The Balaban J connectivity index is 1.86.